The Morgan fingerprint density at radius 3 is 2.53 bits per heavy atom. The first-order valence-electron chi connectivity index (χ1n) is 12.2. The molecule has 36 heavy (non-hydrogen) atoms. The normalized spacial score (nSPS) is 16.0. The van der Waals surface area contributed by atoms with Crippen LogP contribution in [0.5, 0.6) is 0 Å². The lowest BCUT2D eigenvalue weighted by atomic mass is 10.1. The van der Waals surface area contributed by atoms with E-state index in [1.807, 2.05) is 0 Å². The zero-order valence-electron chi connectivity index (χ0n) is 22.3. The molecule has 3 rings (SSSR count). The van der Waals surface area contributed by atoms with Crippen LogP contribution in [0, 0.1) is 6.92 Å². The fourth-order valence-electron chi connectivity index (χ4n) is 3.98. The Bertz CT molecular complexity index is 1150. The summed E-state index contributed by atoms with van der Waals surface area (Å²) in [4.78, 5) is 48.5. The van der Waals surface area contributed by atoms with E-state index in [4.69, 9.17) is 9.15 Å². The Kier molecular flexibility index (Phi) is 8.57. The van der Waals surface area contributed by atoms with Crippen molar-refractivity contribution in [1.82, 2.24) is 19.7 Å². The maximum Gasteiger partial charge on any atom is 0.412 e. The zero-order valence-corrected chi connectivity index (χ0v) is 22.3. The van der Waals surface area contributed by atoms with Crippen molar-refractivity contribution < 1.29 is 18.7 Å². The number of carbonyl (C=O) groups excluding carboxylic acids is 2. The van der Waals surface area contributed by atoms with E-state index in [0.717, 1.165) is 32.7 Å². The molecule has 1 aliphatic heterocycles. The van der Waals surface area contributed by atoms with E-state index < -0.39 is 23.4 Å². The fraction of sp³-hybridized carbons (Fsp3) is 0.600. The second kappa shape index (κ2) is 11.3. The Hall–Kier alpha value is -3.18. The Balaban J connectivity index is 1.65. The highest BCUT2D eigenvalue weighted by molar-refractivity contribution is 5.93. The summed E-state index contributed by atoms with van der Waals surface area (Å²) in [7, 11) is 3.88. The highest BCUT2D eigenvalue weighted by atomic mass is 16.6. The van der Waals surface area contributed by atoms with Crippen LogP contribution in [0.3, 0.4) is 0 Å². The first-order chi connectivity index (χ1) is 16.8. The minimum atomic E-state index is -0.650. The standard InChI is InChI=1S/C25H38N6O5/c1-16-18(28-24(34)36-25(3,4)5)8-9-19-20(16)22(33)35-23(27-19)26-17(2)21(32)30(7)12-15-31-13-10-29(6)11-14-31/h8-9,17H,10-15H2,1-7H3,(H,26,27)(H,28,34)/t17-/m0/s1. The molecule has 11 heteroatoms. The molecule has 1 aromatic heterocycles. The van der Waals surface area contributed by atoms with Crippen LogP contribution in [0.2, 0.25) is 0 Å². The summed E-state index contributed by atoms with van der Waals surface area (Å²) < 4.78 is 10.7. The number of hydrogen-bond donors (Lipinski definition) is 2. The molecule has 0 saturated carbocycles. The van der Waals surface area contributed by atoms with Gasteiger partial charge in [-0.25, -0.2) is 9.59 Å². The number of benzene rings is 1. The van der Waals surface area contributed by atoms with Crippen molar-refractivity contribution >= 4 is 34.6 Å². The number of fused-ring (bicyclic) bond motifs is 1. The summed E-state index contributed by atoms with van der Waals surface area (Å²) in [5, 5.41) is 5.82. The Morgan fingerprint density at radius 1 is 1.22 bits per heavy atom. The van der Waals surface area contributed by atoms with Crippen LogP contribution in [0.4, 0.5) is 16.5 Å². The molecule has 0 radical (unpaired) electrons. The molecule has 1 aliphatic rings. The van der Waals surface area contributed by atoms with E-state index in [0.29, 0.717) is 23.3 Å². The molecule has 2 heterocycles. The van der Waals surface area contributed by atoms with Gasteiger partial charge in [0.15, 0.2) is 0 Å². The highest BCUT2D eigenvalue weighted by Crippen LogP contribution is 2.24. The number of likely N-dealkylation sites (N-methyl/N-ethyl adjacent to an activating group) is 2. The van der Waals surface area contributed by atoms with Crippen molar-refractivity contribution in [2.24, 2.45) is 0 Å². The van der Waals surface area contributed by atoms with Gasteiger partial charge < -0.3 is 24.3 Å². The lowest BCUT2D eigenvalue weighted by Crippen LogP contribution is -2.48. The van der Waals surface area contributed by atoms with Gasteiger partial charge >= 0.3 is 11.7 Å². The second-order valence-corrected chi connectivity index (χ2v) is 10.3. The number of nitrogens with one attached hydrogen (secondary N) is 2. The minimum absolute atomic E-state index is 0.0342. The third kappa shape index (κ3) is 7.17. The SMILES string of the molecule is Cc1c(NC(=O)OC(C)(C)C)ccc2nc(N[C@@H](C)C(=O)N(C)CCN3CCN(C)CC3)oc(=O)c12. The Labute approximate surface area is 211 Å². The number of hydrogen-bond acceptors (Lipinski definition) is 9. The predicted octanol–water partition coefficient (Wildman–Crippen LogP) is 2.35. The van der Waals surface area contributed by atoms with Gasteiger partial charge in [-0.1, -0.05) is 0 Å². The summed E-state index contributed by atoms with van der Waals surface area (Å²) in [6, 6.07) is 2.60. The number of anilines is 2. The van der Waals surface area contributed by atoms with Crippen molar-refractivity contribution in [3.05, 3.63) is 28.1 Å². The first-order valence-corrected chi connectivity index (χ1v) is 12.2. The number of ether oxygens (including phenoxy) is 1. The van der Waals surface area contributed by atoms with E-state index in [1.165, 1.54) is 0 Å². The third-order valence-electron chi connectivity index (χ3n) is 6.13. The molecular weight excluding hydrogens is 464 g/mol. The zero-order chi connectivity index (χ0) is 26.6. The smallest absolute Gasteiger partial charge is 0.412 e. The van der Waals surface area contributed by atoms with Gasteiger partial charge in [-0.15, -0.1) is 0 Å². The number of aryl methyl sites for hydroxylation is 1. The molecule has 1 atom stereocenters. The van der Waals surface area contributed by atoms with Crippen LogP contribution in [0.1, 0.15) is 33.3 Å². The number of nitrogens with zero attached hydrogens (tertiary/aromatic N) is 4. The van der Waals surface area contributed by atoms with Gasteiger partial charge in [0.25, 0.3) is 6.01 Å². The summed E-state index contributed by atoms with van der Waals surface area (Å²) >= 11 is 0. The lowest BCUT2D eigenvalue weighted by molar-refractivity contribution is -0.130. The first kappa shape index (κ1) is 27.4. The van der Waals surface area contributed by atoms with Crippen molar-refractivity contribution in [3.8, 4) is 0 Å². The average Bonchev–Trinajstić information content (AvgIpc) is 2.78. The Morgan fingerprint density at radius 2 is 1.89 bits per heavy atom. The van der Waals surface area contributed by atoms with Crippen molar-refractivity contribution in [3.63, 3.8) is 0 Å². The molecule has 0 spiro atoms. The number of piperazine rings is 1. The number of carbonyl (C=O) groups is 2. The number of aromatic nitrogens is 1. The van der Waals surface area contributed by atoms with Crippen LogP contribution < -0.4 is 16.3 Å². The van der Waals surface area contributed by atoms with Gasteiger partial charge in [0.2, 0.25) is 5.91 Å². The van der Waals surface area contributed by atoms with Gasteiger partial charge in [0, 0.05) is 52.0 Å². The quantitative estimate of drug-likeness (QED) is 0.588. The summed E-state index contributed by atoms with van der Waals surface area (Å²) in [5.74, 6) is -0.123. The van der Waals surface area contributed by atoms with E-state index in [-0.39, 0.29) is 17.3 Å². The van der Waals surface area contributed by atoms with Gasteiger partial charge in [0.05, 0.1) is 10.9 Å². The molecule has 2 N–H and O–H groups in total. The summed E-state index contributed by atoms with van der Waals surface area (Å²) in [6.45, 7) is 14.2. The van der Waals surface area contributed by atoms with Gasteiger partial charge in [0.1, 0.15) is 11.6 Å². The molecule has 198 valence electrons. The van der Waals surface area contributed by atoms with Crippen LogP contribution in [-0.4, -0.2) is 96.7 Å². The van der Waals surface area contributed by atoms with Crippen LogP contribution in [0.25, 0.3) is 10.9 Å². The maximum absolute atomic E-state index is 12.9. The van der Waals surface area contributed by atoms with Gasteiger partial charge in [-0.3, -0.25) is 15.0 Å². The molecule has 0 aliphatic carbocycles. The largest absolute Gasteiger partial charge is 0.444 e. The third-order valence-corrected chi connectivity index (χ3v) is 6.13. The molecule has 1 aromatic carbocycles. The average molecular weight is 503 g/mol. The predicted molar refractivity (Wildman–Crippen MR) is 140 cm³/mol. The second-order valence-electron chi connectivity index (χ2n) is 10.3. The lowest BCUT2D eigenvalue weighted by Gasteiger charge is -2.33. The van der Waals surface area contributed by atoms with Crippen molar-refractivity contribution in [2.45, 2.75) is 46.3 Å². The van der Waals surface area contributed by atoms with E-state index >= 15 is 0 Å². The molecule has 2 aromatic rings. The molecule has 1 saturated heterocycles. The van der Waals surface area contributed by atoms with Crippen LogP contribution in [-0.2, 0) is 9.53 Å². The molecule has 11 nitrogen and oxygen atoms in total. The molecular formula is C25H38N6O5. The number of amides is 2. The number of rotatable bonds is 7. The van der Waals surface area contributed by atoms with Gasteiger partial charge in [-0.05, 0) is 59.4 Å². The van der Waals surface area contributed by atoms with Crippen molar-refractivity contribution in [1.29, 1.82) is 0 Å². The van der Waals surface area contributed by atoms with Crippen LogP contribution >= 0.6 is 0 Å². The van der Waals surface area contributed by atoms with E-state index in [2.05, 4.69) is 32.5 Å². The van der Waals surface area contributed by atoms with E-state index in [1.54, 1.807) is 58.7 Å². The fourth-order valence-corrected chi connectivity index (χ4v) is 3.98. The monoisotopic (exact) mass is 502 g/mol. The minimum Gasteiger partial charge on any atom is -0.444 e. The molecule has 0 unspecified atom stereocenters. The highest BCUT2D eigenvalue weighted by Gasteiger charge is 2.22. The maximum atomic E-state index is 12.9. The molecule has 1 fully saturated rings. The summed E-state index contributed by atoms with van der Waals surface area (Å²) in [6.07, 6.45) is -0.621. The summed E-state index contributed by atoms with van der Waals surface area (Å²) in [5.41, 5.74) is 0.0685. The van der Waals surface area contributed by atoms with Crippen molar-refractivity contribution in [2.75, 3.05) is 64.0 Å². The topological polar surface area (TPSA) is 120 Å². The molecule has 2 amide bonds. The van der Waals surface area contributed by atoms with Gasteiger partial charge in [-0.2, -0.15) is 4.98 Å². The molecule has 0 bridgehead atoms. The van der Waals surface area contributed by atoms with Crippen LogP contribution in [0.15, 0.2) is 21.3 Å². The van der Waals surface area contributed by atoms with E-state index in [9.17, 15) is 14.4 Å².